The summed E-state index contributed by atoms with van der Waals surface area (Å²) in [5, 5.41) is 19.2. The summed E-state index contributed by atoms with van der Waals surface area (Å²) in [5.74, 6) is 0.959. The first kappa shape index (κ1) is 13.7. The van der Waals surface area contributed by atoms with Gasteiger partial charge in [-0.1, -0.05) is 30.4 Å². The van der Waals surface area contributed by atoms with E-state index >= 15 is 0 Å². The van der Waals surface area contributed by atoms with Gasteiger partial charge in [0.2, 0.25) is 0 Å². The zero-order valence-electron chi connectivity index (χ0n) is 11.9. The van der Waals surface area contributed by atoms with E-state index in [1.165, 1.54) is 0 Å². The van der Waals surface area contributed by atoms with Gasteiger partial charge in [0, 0.05) is 5.56 Å². The summed E-state index contributed by atoms with van der Waals surface area (Å²) in [4.78, 5) is 0. The molecule has 0 saturated carbocycles. The normalized spacial score (nSPS) is 20.5. The highest BCUT2D eigenvalue weighted by Gasteiger charge is 2.35. The van der Waals surface area contributed by atoms with Crippen LogP contribution in [0.15, 0.2) is 48.5 Å². The fraction of sp³-hybridized carbons (Fsp3) is 0.222. The van der Waals surface area contributed by atoms with Gasteiger partial charge in [-0.25, -0.2) is 0 Å². The lowest BCUT2D eigenvalue weighted by Crippen LogP contribution is -2.13. The molecule has 1 heterocycles. The van der Waals surface area contributed by atoms with Gasteiger partial charge < -0.3 is 14.9 Å². The van der Waals surface area contributed by atoms with Gasteiger partial charge in [0.1, 0.15) is 17.6 Å². The number of phenols is 1. The monoisotopic (exact) mass is 282 g/mol. The zero-order chi connectivity index (χ0) is 14.8. The van der Waals surface area contributed by atoms with E-state index in [1.54, 1.807) is 12.1 Å². The second-order valence-electron chi connectivity index (χ2n) is 5.22. The van der Waals surface area contributed by atoms with E-state index in [1.807, 2.05) is 43.3 Å². The minimum atomic E-state index is -0.216. The molecule has 2 aromatic rings. The van der Waals surface area contributed by atoms with Crippen molar-refractivity contribution >= 4 is 6.08 Å². The third kappa shape index (κ3) is 2.52. The molecule has 0 radical (unpaired) electrons. The number of fused-ring (bicyclic) bond motifs is 1. The molecule has 3 nitrogen and oxygen atoms in total. The third-order valence-electron chi connectivity index (χ3n) is 3.83. The van der Waals surface area contributed by atoms with Crippen LogP contribution in [0.2, 0.25) is 0 Å². The molecule has 2 aromatic carbocycles. The highest BCUT2D eigenvalue weighted by molar-refractivity contribution is 5.56. The number of aliphatic hydroxyl groups is 1. The van der Waals surface area contributed by atoms with Gasteiger partial charge in [0.15, 0.2) is 0 Å². The first-order valence-electron chi connectivity index (χ1n) is 7.06. The summed E-state index contributed by atoms with van der Waals surface area (Å²) in [5.41, 5.74) is 3.09. The van der Waals surface area contributed by atoms with Crippen molar-refractivity contribution in [2.45, 2.75) is 18.9 Å². The Hall–Kier alpha value is -2.26. The molecule has 2 atom stereocenters. The van der Waals surface area contributed by atoms with E-state index in [0.29, 0.717) is 0 Å². The number of rotatable bonds is 3. The second kappa shape index (κ2) is 5.62. The van der Waals surface area contributed by atoms with Crippen LogP contribution >= 0.6 is 0 Å². The average molecular weight is 282 g/mol. The average Bonchev–Trinajstić information content (AvgIpc) is 2.86. The number of benzene rings is 2. The van der Waals surface area contributed by atoms with Crippen molar-refractivity contribution in [3.05, 3.63) is 65.2 Å². The first-order chi connectivity index (χ1) is 10.2. The second-order valence-corrected chi connectivity index (χ2v) is 5.22. The number of phenolic OH excluding ortho intramolecular Hbond substituents is 1. The Morgan fingerprint density at radius 1 is 1.14 bits per heavy atom. The molecule has 3 rings (SSSR count). The van der Waals surface area contributed by atoms with Crippen LogP contribution in [0.4, 0.5) is 0 Å². The predicted octanol–water partition coefficient (Wildman–Crippen LogP) is 3.63. The Morgan fingerprint density at radius 3 is 2.57 bits per heavy atom. The summed E-state index contributed by atoms with van der Waals surface area (Å²) in [6, 6.07) is 13.0. The molecule has 0 bridgehead atoms. The number of aliphatic hydroxyl groups excluding tert-OH is 1. The molecule has 0 amide bonds. The number of hydrogen-bond acceptors (Lipinski definition) is 3. The summed E-state index contributed by atoms with van der Waals surface area (Å²) in [7, 11) is 0. The van der Waals surface area contributed by atoms with Gasteiger partial charge in [0.25, 0.3) is 0 Å². The predicted molar refractivity (Wildman–Crippen MR) is 82.5 cm³/mol. The molecule has 0 saturated heterocycles. The van der Waals surface area contributed by atoms with Gasteiger partial charge >= 0.3 is 0 Å². The van der Waals surface area contributed by atoms with Crippen LogP contribution in [0.3, 0.4) is 0 Å². The quantitative estimate of drug-likeness (QED) is 0.903. The lowest BCUT2D eigenvalue weighted by atomic mass is 9.91. The smallest absolute Gasteiger partial charge is 0.133 e. The van der Waals surface area contributed by atoms with Crippen LogP contribution in [0, 0.1) is 0 Å². The van der Waals surface area contributed by atoms with Crippen LogP contribution in [0.1, 0.15) is 35.6 Å². The van der Waals surface area contributed by atoms with Crippen molar-refractivity contribution in [3.8, 4) is 11.5 Å². The topological polar surface area (TPSA) is 49.7 Å². The summed E-state index contributed by atoms with van der Waals surface area (Å²) in [6.07, 6.45) is 3.80. The number of ether oxygens (including phenoxy) is 1. The molecular weight excluding hydrogens is 264 g/mol. The number of aromatic hydroxyl groups is 1. The van der Waals surface area contributed by atoms with Crippen LogP contribution < -0.4 is 4.74 Å². The van der Waals surface area contributed by atoms with Crippen molar-refractivity contribution < 1.29 is 14.9 Å². The Labute approximate surface area is 124 Å². The van der Waals surface area contributed by atoms with Crippen molar-refractivity contribution in [3.63, 3.8) is 0 Å². The van der Waals surface area contributed by atoms with E-state index < -0.39 is 0 Å². The van der Waals surface area contributed by atoms with Gasteiger partial charge in [-0.15, -0.1) is 0 Å². The maximum Gasteiger partial charge on any atom is 0.133 e. The highest BCUT2D eigenvalue weighted by atomic mass is 16.5. The largest absolute Gasteiger partial charge is 0.508 e. The van der Waals surface area contributed by atoms with Gasteiger partial charge in [-0.05, 0) is 42.3 Å². The highest BCUT2D eigenvalue weighted by Crippen LogP contribution is 2.46. The minimum absolute atomic E-state index is 0.0256. The standard InChI is InChI=1S/C18H18O3/c1-2-3-12-4-9-17-15(10-12)16(11-19)18(21-17)13-5-7-14(20)8-6-13/h2-10,16,18-20H,11H2,1H3/t16-,18-/m1/s1. The fourth-order valence-electron chi connectivity index (χ4n) is 2.80. The zero-order valence-corrected chi connectivity index (χ0v) is 11.9. The third-order valence-corrected chi connectivity index (χ3v) is 3.83. The van der Waals surface area contributed by atoms with Crippen molar-refractivity contribution in [1.29, 1.82) is 0 Å². The van der Waals surface area contributed by atoms with Crippen LogP contribution in [-0.4, -0.2) is 16.8 Å². The number of hydrogen-bond donors (Lipinski definition) is 2. The molecule has 0 spiro atoms. The maximum absolute atomic E-state index is 9.77. The lowest BCUT2D eigenvalue weighted by molar-refractivity contribution is 0.160. The molecule has 3 heteroatoms. The molecule has 0 fully saturated rings. The van der Waals surface area contributed by atoms with Crippen LogP contribution in [0.25, 0.3) is 6.08 Å². The van der Waals surface area contributed by atoms with Gasteiger partial charge in [-0.2, -0.15) is 0 Å². The molecule has 0 aromatic heterocycles. The molecule has 0 aliphatic carbocycles. The maximum atomic E-state index is 9.77. The summed E-state index contributed by atoms with van der Waals surface area (Å²) < 4.78 is 6.00. The number of allylic oxidation sites excluding steroid dienone is 1. The Bertz CT molecular complexity index is 659. The Balaban J connectivity index is 1.97. The summed E-state index contributed by atoms with van der Waals surface area (Å²) in [6.45, 7) is 2.00. The molecule has 108 valence electrons. The molecular formula is C18H18O3. The molecule has 21 heavy (non-hydrogen) atoms. The minimum Gasteiger partial charge on any atom is -0.508 e. The lowest BCUT2D eigenvalue weighted by Gasteiger charge is -2.17. The molecule has 0 unspecified atom stereocenters. The van der Waals surface area contributed by atoms with Crippen LogP contribution in [0.5, 0.6) is 11.5 Å². The van der Waals surface area contributed by atoms with Crippen molar-refractivity contribution in [2.75, 3.05) is 6.61 Å². The van der Waals surface area contributed by atoms with E-state index in [9.17, 15) is 10.2 Å². The Morgan fingerprint density at radius 2 is 1.90 bits per heavy atom. The molecule has 1 aliphatic rings. The summed E-state index contributed by atoms with van der Waals surface area (Å²) >= 11 is 0. The van der Waals surface area contributed by atoms with E-state index in [4.69, 9.17) is 4.74 Å². The molecule has 1 aliphatic heterocycles. The fourth-order valence-corrected chi connectivity index (χ4v) is 2.80. The SMILES string of the molecule is CC=Cc1ccc2c(c1)[C@@H](CO)[C@@H](c1ccc(O)cc1)O2. The van der Waals surface area contributed by atoms with Gasteiger partial charge in [-0.3, -0.25) is 0 Å². The molecule has 2 N–H and O–H groups in total. The van der Waals surface area contributed by atoms with Crippen molar-refractivity contribution in [1.82, 2.24) is 0 Å². The van der Waals surface area contributed by atoms with Gasteiger partial charge in [0.05, 0.1) is 12.5 Å². The van der Waals surface area contributed by atoms with Crippen molar-refractivity contribution in [2.24, 2.45) is 0 Å². The van der Waals surface area contributed by atoms with E-state index in [2.05, 4.69) is 6.07 Å². The van der Waals surface area contributed by atoms with E-state index in [0.717, 1.165) is 22.4 Å². The van der Waals surface area contributed by atoms with E-state index in [-0.39, 0.29) is 24.4 Å². The first-order valence-corrected chi connectivity index (χ1v) is 7.06. The Kier molecular flexibility index (Phi) is 3.67. The van der Waals surface area contributed by atoms with Crippen LogP contribution in [-0.2, 0) is 0 Å².